The van der Waals surface area contributed by atoms with Gasteiger partial charge in [-0.3, -0.25) is 4.79 Å². The Morgan fingerprint density at radius 1 is 1.35 bits per heavy atom. The van der Waals surface area contributed by atoms with Crippen LogP contribution in [0.1, 0.15) is 6.42 Å². The maximum atomic E-state index is 11.5. The molecule has 1 aliphatic heterocycles. The van der Waals surface area contributed by atoms with Gasteiger partial charge in [0.15, 0.2) is 0 Å². The predicted octanol–water partition coefficient (Wildman–Crippen LogP) is -0.429. The zero-order chi connectivity index (χ0) is 12.3. The standard InChI is InChI=1S/C11H21NO5/c1-14-7-8-15-4-2-5-17-11(13)10-9-16-6-3-12-10/h10,12H,2-9H2,1H3. The van der Waals surface area contributed by atoms with Gasteiger partial charge in [-0.15, -0.1) is 0 Å². The Labute approximate surface area is 102 Å². The Hall–Kier alpha value is -0.690. The smallest absolute Gasteiger partial charge is 0.325 e. The van der Waals surface area contributed by atoms with Crippen molar-refractivity contribution >= 4 is 5.97 Å². The SMILES string of the molecule is COCCOCCCOC(=O)C1COCCN1. The van der Waals surface area contributed by atoms with E-state index in [2.05, 4.69) is 5.32 Å². The van der Waals surface area contributed by atoms with Gasteiger partial charge < -0.3 is 24.3 Å². The normalized spacial score (nSPS) is 20.2. The van der Waals surface area contributed by atoms with Crippen LogP contribution in [0.25, 0.3) is 0 Å². The van der Waals surface area contributed by atoms with Gasteiger partial charge in [0.1, 0.15) is 6.04 Å². The molecule has 0 saturated carbocycles. The van der Waals surface area contributed by atoms with Crippen molar-refractivity contribution in [2.24, 2.45) is 0 Å². The van der Waals surface area contributed by atoms with Crippen molar-refractivity contribution in [3.8, 4) is 0 Å². The van der Waals surface area contributed by atoms with Crippen LogP contribution in [0.2, 0.25) is 0 Å². The van der Waals surface area contributed by atoms with Crippen LogP contribution < -0.4 is 5.32 Å². The van der Waals surface area contributed by atoms with Crippen LogP contribution in [0.3, 0.4) is 0 Å². The van der Waals surface area contributed by atoms with Crippen LogP contribution in [0.15, 0.2) is 0 Å². The maximum Gasteiger partial charge on any atom is 0.325 e. The van der Waals surface area contributed by atoms with Crippen LogP contribution in [0.5, 0.6) is 0 Å². The third-order valence-corrected chi connectivity index (χ3v) is 2.32. The molecule has 1 heterocycles. The number of hydrogen-bond donors (Lipinski definition) is 1. The lowest BCUT2D eigenvalue weighted by molar-refractivity contribution is -0.149. The van der Waals surface area contributed by atoms with E-state index < -0.39 is 0 Å². The number of ether oxygens (including phenoxy) is 4. The van der Waals surface area contributed by atoms with E-state index in [0.29, 0.717) is 52.6 Å². The summed E-state index contributed by atoms with van der Waals surface area (Å²) in [5.41, 5.74) is 0. The molecular weight excluding hydrogens is 226 g/mol. The Kier molecular flexibility index (Phi) is 7.91. The second kappa shape index (κ2) is 9.35. The number of morpholine rings is 1. The molecule has 6 nitrogen and oxygen atoms in total. The van der Waals surface area contributed by atoms with Crippen molar-refractivity contribution in [3.63, 3.8) is 0 Å². The predicted molar refractivity (Wildman–Crippen MR) is 60.9 cm³/mol. The fourth-order valence-corrected chi connectivity index (χ4v) is 1.40. The summed E-state index contributed by atoms with van der Waals surface area (Å²) in [4.78, 5) is 11.5. The number of nitrogens with one attached hydrogen (secondary N) is 1. The Morgan fingerprint density at radius 3 is 2.94 bits per heavy atom. The van der Waals surface area contributed by atoms with Crippen molar-refractivity contribution in [3.05, 3.63) is 0 Å². The van der Waals surface area contributed by atoms with Gasteiger partial charge in [0.25, 0.3) is 0 Å². The molecule has 1 atom stereocenters. The van der Waals surface area contributed by atoms with Crippen LogP contribution in [0, 0.1) is 0 Å². The summed E-state index contributed by atoms with van der Waals surface area (Å²) in [6, 6.07) is -0.321. The zero-order valence-corrected chi connectivity index (χ0v) is 10.3. The molecule has 0 aromatic rings. The van der Waals surface area contributed by atoms with Gasteiger partial charge >= 0.3 is 5.97 Å². The lowest BCUT2D eigenvalue weighted by Crippen LogP contribution is -2.47. The summed E-state index contributed by atoms with van der Waals surface area (Å²) in [5, 5.41) is 3.04. The van der Waals surface area contributed by atoms with Crippen molar-refractivity contribution < 1.29 is 23.7 Å². The molecule has 0 radical (unpaired) electrons. The second-order valence-electron chi connectivity index (χ2n) is 3.71. The highest BCUT2D eigenvalue weighted by Crippen LogP contribution is 1.97. The van der Waals surface area contributed by atoms with E-state index in [4.69, 9.17) is 18.9 Å². The first-order chi connectivity index (χ1) is 8.34. The monoisotopic (exact) mass is 247 g/mol. The summed E-state index contributed by atoms with van der Waals surface area (Å²) in [5.74, 6) is -0.249. The molecule has 0 aromatic carbocycles. The van der Waals surface area contributed by atoms with E-state index in [1.54, 1.807) is 7.11 Å². The van der Waals surface area contributed by atoms with Crippen molar-refractivity contribution in [1.29, 1.82) is 0 Å². The quantitative estimate of drug-likeness (QED) is 0.464. The molecular formula is C11H21NO5. The largest absolute Gasteiger partial charge is 0.464 e. The highest BCUT2D eigenvalue weighted by atomic mass is 16.5. The average molecular weight is 247 g/mol. The number of esters is 1. The lowest BCUT2D eigenvalue weighted by Gasteiger charge is -2.22. The number of rotatable bonds is 8. The zero-order valence-electron chi connectivity index (χ0n) is 10.3. The number of methoxy groups -OCH3 is 1. The molecule has 1 rings (SSSR count). The summed E-state index contributed by atoms with van der Waals surface area (Å²) in [6.07, 6.45) is 0.697. The van der Waals surface area contributed by atoms with Gasteiger partial charge in [0, 0.05) is 26.7 Å². The molecule has 0 spiro atoms. The Bertz CT molecular complexity index is 206. The second-order valence-corrected chi connectivity index (χ2v) is 3.71. The van der Waals surface area contributed by atoms with E-state index >= 15 is 0 Å². The van der Waals surface area contributed by atoms with Crippen LogP contribution in [-0.2, 0) is 23.7 Å². The minimum absolute atomic E-state index is 0.249. The first kappa shape index (κ1) is 14.4. The lowest BCUT2D eigenvalue weighted by atomic mass is 10.3. The molecule has 0 bridgehead atoms. The van der Waals surface area contributed by atoms with E-state index in [1.165, 1.54) is 0 Å². The first-order valence-electron chi connectivity index (χ1n) is 5.89. The van der Waals surface area contributed by atoms with E-state index in [1.807, 2.05) is 0 Å². The number of carbonyl (C=O) groups excluding carboxylic acids is 1. The molecule has 17 heavy (non-hydrogen) atoms. The molecule has 1 N–H and O–H groups in total. The van der Waals surface area contributed by atoms with Crippen molar-refractivity contribution in [1.82, 2.24) is 5.32 Å². The Balaban J connectivity index is 1.92. The molecule has 1 fully saturated rings. The van der Waals surface area contributed by atoms with Gasteiger partial charge in [-0.1, -0.05) is 0 Å². The molecule has 1 aliphatic rings. The van der Waals surface area contributed by atoms with Crippen LogP contribution >= 0.6 is 0 Å². The number of carbonyl (C=O) groups is 1. The van der Waals surface area contributed by atoms with Gasteiger partial charge in [0.2, 0.25) is 0 Å². The summed E-state index contributed by atoms with van der Waals surface area (Å²) in [7, 11) is 1.63. The fourth-order valence-electron chi connectivity index (χ4n) is 1.40. The van der Waals surface area contributed by atoms with Crippen LogP contribution in [-0.4, -0.2) is 65.3 Å². The maximum absolute atomic E-state index is 11.5. The molecule has 1 saturated heterocycles. The molecule has 1 unspecified atom stereocenters. The summed E-state index contributed by atoms with van der Waals surface area (Å²) in [6.45, 7) is 3.85. The third kappa shape index (κ3) is 6.58. The van der Waals surface area contributed by atoms with Crippen LogP contribution in [0.4, 0.5) is 0 Å². The highest BCUT2D eigenvalue weighted by Gasteiger charge is 2.22. The number of hydrogen-bond acceptors (Lipinski definition) is 6. The first-order valence-corrected chi connectivity index (χ1v) is 5.89. The van der Waals surface area contributed by atoms with Gasteiger partial charge in [-0.05, 0) is 0 Å². The van der Waals surface area contributed by atoms with E-state index in [-0.39, 0.29) is 12.0 Å². The topological polar surface area (TPSA) is 66.0 Å². The average Bonchev–Trinajstić information content (AvgIpc) is 2.38. The minimum Gasteiger partial charge on any atom is -0.464 e. The van der Waals surface area contributed by atoms with Gasteiger partial charge in [-0.2, -0.15) is 0 Å². The molecule has 0 aliphatic carbocycles. The molecule has 0 amide bonds. The highest BCUT2D eigenvalue weighted by molar-refractivity contribution is 5.76. The van der Waals surface area contributed by atoms with Gasteiger partial charge in [0.05, 0.1) is 33.0 Å². The molecule has 100 valence electrons. The third-order valence-electron chi connectivity index (χ3n) is 2.32. The van der Waals surface area contributed by atoms with Crippen molar-refractivity contribution in [2.75, 3.05) is 53.3 Å². The molecule has 6 heteroatoms. The van der Waals surface area contributed by atoms with Crippen molar-refractivity contribution in [2.45, 2.75) is 12.5 Å². The van der Waals surface area contributed by atoms with E-state index in [9.17, 15) is 4.79 Å². The summed E-state index contributed by atoms with van der Waals surface area (Å²) >= 11 is 0. The van der Waals surface area contributed by atoms with Gasteiger partial charge in [-0.25, -0.2) is 0 Å². The minimum atomic E-state index is -0.321. The Morgan fingerprint density at radius 2 is 2.24 bits per heavy atom. The fraction of sp³-hybridized carbons (Fsp3) is 0.909. The van der Waals surface area contributed by atoms with E-state index in [0.717, 1.165) is 0 Å². The molecule has 0 aromatic heterocycles. The summed E-state index contributed by atoms with van der Waals surface area (Å²) < 4.78 is 20.3.